The zero-order chi connectivity index (χ0) is 64.5. The van der Waals surface area contributed by atoms with E-state index in [1.165, 1.54) is 167 Å². The molecule has 0 spiro atoms. The van der Waals surface area contributed by atoms with E-state index in [2.05, 4.69) is 104 Å². The van der Waals surface area contributed by atoms with Crippen LogP contribution in [-0.4, -0.2) is 140 Å². The quantitative estimate of drug-likeness (QED) is 0.0204. The van der Waals surface area contributed by atoms with Crippen molar-refractivity contribution < 1.29 is 64.6 Å². The minimum atomic E-state index is -1.78. The number of ether oxygens (including phenoxy) is 4. The van der Waals surface area contributed by atoms with Crippen molar-refractivity contribution in [1.82, 2.24) is 5.32 Å². The minimum absolute atomic E-state index is 0.205. The number of aliphatic hydroxyl groups is 8. The Bertz CT molecular complexity index is 1820. The van der Waals surface area contributed by atoms with Crippen LogP contribution in [-0.2, 0) is 23.7 Å². The molecule has 14 nitrogen and oxygen atoms in total. The lowest BCUT2D eigenvalue weighted by molar-refractivity contribution is -0.359. The number of carbonyl (C=O) groups is 1. The Balaban J connectivity index is 1.55. The number of hydrogen-bond donors (Lipinski definition) is 9. The molecule has 12 unspecified atom stereocenters. The number of unbranched alkanes of at least 4 members (excludes halogenated alkanes) is 32. The van der Waals surface area contributed by atoms with Gasteiger partial charge in [-0.05, 0) is 70.6 Å². The van der Waals surface area contributed by atoms with Crippen molar-refractivity contribution >= 4 is 5.91 Å². The lowest BCUT2D eigenvalue weighted by Crippen LogP contribution is -2.65. The number of allylic oxidation sites excluding steroid dienone is 14. The van der Waals surface area contributed by atoms with Gasteiger partial charge in [-0.1, -0.05) is 298 Å². The van der Waals surface area contributed by atoms with Crippen molar-refractivity contribution in [3.63, 3.8) is 0 Å². The number of rotatable bonds is 59. The molecule has 9 N–H and O–H groups in total. The Hall–Kier alpha value is -2.83. The number of carbonyl (C=O) groups excluding carboxylic acids is 1. The summed E-state index contributed by atoms with van der Waals surface area (Å²) in [5, 5.41) is 87.5. The molecule has 1 amide bonds. The van der Waals surface area contributed by atoms with Gasteiger partial charge in [0.15, 0.2) is 12.6 Å². The first-order valence-corrected chi connectivity index (χ1v) is 36.3. The van der Waals surface area contributed by atoms with Crippen molar-refractivity contribution in [1.29, 1.82) is 0 Å². The zero-order valence-electron chi connectivity index (χ0n) is 56.2. The van der Waals surface area contributed by atoms with Crippen molar-refractivity contribution in [2.75, 3.05) is 19.8 Å². The highest BCUT2D eigenvalue weighted by atomic mass is 16.7. The number of amides is 1. The van der Waals surface area contributed by atoms with Gasteiger partial charge in [-0.15, -0.1) is 0 Å². The molecule has 0 aromatic heterocycles. The van der Waals surface area contributed by atoms with Gasteiger partial charge in [-0.3, -0.25) is 4.79 Å². The highest BCUT2D eigenvalue weighted by Crippen LogP contribution is 2.30. The predicted molar refractivity (Wildman–Crippen MR) is 364 cm³/mol. The van der Waals surface area contributed by atoms with Crippen LogP contribution in [0.1, 0.15) is 290 Å². The predicted octanol–water partition coefficient (Wildman–Crippen LogP) is 15.2. The van der Waals surface area contributed by atoms with Gasteiger partial charge in [-0.25, -0.2) is 0 Å². The summed E-state index contributed by atoms with van der Waals surface area (Å²) >= 11 is 0. The van der Waals surface area contributed by atoms with Gasteiger partial charge in [0.25, 0.3) is 0 Å². The Labute approximate surface area is 541 Å². The third kappa shape index (κ3) is 42.9. The number of aliphatic hydroxyl groups excluding tert-OH is 8. The van der Waals surface area contributed by atoms with E-state index in [-0.39, 0.29) is 12.5 Å². The second-order valence-corrected chi connectivity index (χ2v) is 25.3. The fourth-order valence-electron chi connectivity index (χ4n) is 11.6. The first-order valence-electron chi connectivity index (χ1n) is 36.3. The molecular weight excluding hydrogens is 1120 g/mol. The van der Waals surface area contributed by atoms with Crippen molar-refractivity contribution in [2.45, 2.75) is 364 Å². The molecule has 0 bridgehead atoms. The first-order chi connectivity index (χ1) is 43.6. The molecule has 2 saturated heterocycles. The highest BCUT2D eigenvalue weighted by molar-refractivity contribution is 5.76. The first kappa shape index (κ1) is 82.3. The van der Waals surface area contributed by atoms with Crippen LogP contribution in [0.3, 0.4) is 0 Å². The minimum Gasteiger partial charge on any atom is -0.394 e. The smallest absolute Gasteiger partial charge is 0.220 e. The van der Waals surface area contributed by atoms with Gasteiger partial charge < -0.3 is 65.1 Å². The van der Waals surface area contributed by atoms with Gasteiger partial charge in [0, 0.05) is 6.42 Å². The van der Waals surface area contributed by atoms with Crippen LogP contribution < -0.4 is 5.32 Å². The average molecular weight is 1260 g/mol. The second-order valence-electron chi connectivity index (χ2n) is 25.3. The normalized spacial score (nSPS) is 23.5. The van der Waals surface area contributed by atoms with E-state index < -0.39 is 86.8 Å². The molecular formula is C75H133NO13. The molecule has 0 radical (unpaired) electrons. The Morgan fingerprint density at radius 3 is 1.19 bits per heavy atom. The molecule has 0 aromatic rings. The van der Waals surface area contributed by atoms with Crippen molar-refractivity contribution in [3.8, 4) is 0 Å². The van der Waals surface area contributed by atoms with E-state index in [0.717, 1.165) is 96.3 Å². The molecule has 2 rings (SSSR count). The number of nitrogens with one attached hydrogen (secondary N) is 1. The second kappa shape index (κ2) is 59.0. The maximum Gasteiger partial charge on any atom is 0.220 e. The summed E-state index contributed by atoms with van der Waals surface area (Å²) in [7, 11) is 0. The fourth-order valence-corrected chi connectivity index (χ4v) is 11.6. The summed E-state index contributed by atoms with van der Waals surface area (Å²) in [5.74, 6) is -0.205. The molecule has 516 valence electrons. The van der Waals surface area contributed by atoms with Gasteiger partial charge in [-0.2, -0.15) is 0 Å². The molecule has 12 atom stereocenters. The van der Waals surface area contributed by atoms with Crippen molar-refractivity contribution in [3.05, 3.63) is 85.1 Å². The molecule has 14 heteroatoms. The third-order valence-corrected chi connectivity index (χ3v) is 17.4. The van der Waals surface area contributed by atoms with Gasteiger partial charge in [0.05, 0.1) is 32.0 Å². The van der Waals surface area contributed by atoms with E-state index >= 15 is 0 Å². The van der Waals surface area contributed by atoms with E-state index in [1.54, 1.807) is 0 Å². The van der Waals surface area contributed by atoms with Crippen LogP contribution in [0.4, 0.5) is 0 Å². The summed E-state index contributed by atoms with van der Waals surface area (Å²) in [6.45, 7) is 2.76. The standard InChI is InChI=1S/C75H133NO13/c1-3-5-7-9-11-13-15-17-19-20-21-22-23-24-25-26-27-28-29-30-31-32-33-34-35-36-37-38-39-40-41-42-43-44-45-47-49-51-53-55-57-59-67(80)76-63(64(79)58-56-54-52-50-48-46-18-16-14-12-10-8-6-4-2)62-86-74-72(85)70(83)73(66(61-78)88-74)89-75-71(84)69(82)68(81)65(60-77)87-75/h5,7,11,13,17,19,21-22,24-25,27-28,30-31,63-66,68-75,77-79,81-85H,3-4,6,8-10,12,14-16,18,20,23,26,29,32-62H2,1-2H3,(H,76,80)/b7-5-,13-11-,19-17-,22-21-,25-24-,28-27-,31-30-. The molecule has 2 fully saturated rings. The molecule has 2 aliphatic heterocycles. The van der Waals surface area contributed by atoms with E-state index in [1.807, 2.05) is 0 Å². The van der Waals surface area contributed by atoms with E-state index in [4.69, 9.17) is 18.9 Å². The van der Waals surface area contributed by atoms with E-state index in [9.17, 15) is 45.6 Å². The Morgan fingerprint density at radius 2 is 0.775 bits per heavy atom. The molecule has 0 saturated carbocycles. The molecule has 2 heterocycles. The summed E-state index contributed by atoms with van der Waals surface area (Å²) in [6.07, 6.45) is 64.7. The molecule has 0 aromatic carbocycles. The Kier molecular flexibility index (Phi) is 54.5. The van der Waals surface area contributed by atoms with Crippen LogP contribution in [0.2, 0.25) is 0 Å². The highest BCUT2D eigenvalue weighted by Gasteiger charge is 2.51. The van der Waals surface area contributed by atoms with Crippen molar-refractivity contribution in [2.24, 2.45) is 0 Å². The Morgan fingerprint density at radius 1 is 0.416 bits per heavy atom. The van der Waals surface area contributed by atoms with Crippen LogP contribution in [0.5, 0.6) is 0 Å². The fraction of sp³-hybridized carbons (Fsp3) is 0.800. The lowest BCUT2D eigenvalue weighted by Gasteiger charge is -2.46. The summed E-state index contributed by atoms with van der Waals surface area (Å²) in [4.78, 5) is 13.3. The average Bonchev–Trinajstić information content (AvgIpc) is 2.74. The van der Waals surface area contributed by atoms with Crippen LogP contribution >= 0.6 is 0 Å². The molecule has 0 aliphatic carbocycles. The lowest BCUT2D eigenvalue weighted by atomic mass is 9.97. The van der Waals surface area contributed by atoms with Crippen LogP contribution in [0, 0.1) is 0 Å². The monoisotopic (exact) mass is 1260 g/mol. The van der Waals surface area contributed by atoms with E-state index in [0.29, 0.717) is 12.8 Å². The van der Waals surface area contributed by atoms with Gasteiger partial charge >= 0.3 is 0 Å². The van der Waals surface area contributed by atoms with Crippen LogP contribution in [0.15, 0.2) is 85.1 Å². The maximum absolute atomic E-state index is 13.3. The maximum atomic E-state index is 13.3. The summed E-state index contributed by atoms with van der Waals surface area (Å²) in [5.41, 5.74) is 0. The van der Waals surface area contributed by atoms with Crippen LogP contribution in [0.25, 0.3) is 0 Å². The molecule has 89 heavy (non-hydrogen) atoms. The zero-order valence-corrected chi connectivity index (χ0v) is 56.2. The number of hydrogen-bond acceptors (Lipinski definition) is 13. The molecule has 2 aliphatic rings. The SMILES string of the molecule is CC/C=C\C/C=C\C/C=C\C/C=C\C/C=C\C/C=C\C/C=C\CCCCCCCCCCCCCCCCCCCCCC(=O)NC(COC1OC(CO)C(OC2OC(CO)C(O)C(O)C2O)C(O)C1O)C(O)CCCCCCCCCCCCCCCC. The topological polar surface area (TPSA) is 228 Å². The summed E-state index contributed by atoms with van der Waals surface area (Å²) < 4.78 is 22.9. The van der Waals surface area contributed by atoms with Gasteiger partial charge in [0.1, 0.15) is 48.8 Å². The third-order valence-electron chi connectivity index (χ3n) is 17.4. The summed E-state index contributed by atoms with van der Waals surface area (Å²) in [6, 6.07) is -0.830. The van der Waals surface area contributed by atoms with Gasteiger partial charge in [0.2, 0.25) is 5.91 Å². The largest absolute Gasteiger partial charge is 0.394 e.